The molecule has 5 nitrogen and oxygen atoms in total. The number of hydrogen-bond donors (Lipinski definition) is 2. The predicted molar refractivity (Wildman–Crippen MR) is 71.6 cm³/mol. The molecule has 3 N–H and O–H groups in total. The van der Waals surface area contributed by atoms with Crippen molar-refractivity contribution in [3.63, 3.8) is 0 Å². The van der Waals surface area contributed by atoms with Gasteiger partial charge in [-0.3, -0.25) is 10.1 Å². The van der Waals surface area contributed by atoms with Gasteiger partial charge in [-0.2, -0.15) is 4.98 Å². The molecule has 0 atom stereocenters. The SMILES string of the molecule is Cc1coc(NC(=O)c2ccccc2C#CCN)n1. The highest BCUT2D eigenvalue weighted by atomic mass is 16.4. The van der Waals surface area contributed by atoms with E-state index in [0.29, 0.717) is 16.8 Å². The van der Waals surface area contributed by atoms with E-state index in [2.05, 4.69) is 22.1 Å². The van der Waals surface area contributed by atoms with Crippen LogP contribution in [0.1, 0.15) is 21.6 Å². The van der Waals surface area contributed by atoms with E-state index in [4.69, 9.17) is 10.2 Å². The van der Waals surface area contributed by atoms with Crippen molar-refractivity contribution in [1.29, 1.82) is 0 Å². The minimum atomic E-state index is -0.316. The summed E-state index contributed by atoms with van der Waals surface area (Å²) in [4.78, 5) is 16.1. The van der Waals surface area contributed by atoms with E-state index in [1.165, 1.54) is 6.26 Å². The number of hydrogen-bond acceptors (Lipinski definition) is 4. The molecule has 0 spiro atoms. The molecule has 2 aromatic rings. The van der Waals surface area contributed by atoms with E-state index < -0.39 is 0 Å². The molecule has 1 heterocycles. The monoisotopic (exact) mass is 255 g/mol. The molecule has 0 saturated carbocycles. The number of oxazole rings is 1. The second-order valence-corrected chi connectivity index (χ2v) is 3.80. The van der Waals surface area contributed by atoms with Crippen molar-refractivity contribution in [2.24, 2.45) is 5.73 Å². The Balaban J connectivity index is 2.23. The lowest BCUT2D eigenvalue weighted by Gasteiger charge is -2.03. The van der Waals surface area contributed by atoms with Gasteiger partial charge in [-0.05, 0) is 19.1 Å². The molecule has 0 radical (unpaired) electrons. The lowest BCUT2D eigenvalue weighted by atomic mass is 10.1. The number of nitrogens with zero attached hydrogens (tertiary/aromatic N) is 1. The van der Waals surface area contributed by atoms with Crippen molar-refractivity contribution in [3.8, 4) is 11.8 Å². The van der Waals surface area contributed by atoms with E-state index in [9.17, 15) is 4.79 Å². The quantitative estimate of drug-likeness (QED) is 0.798. The Hall–Kier alpha value is -2.58. The summed E-state index contributed by atoms with van der Waals surface area (Å²) in [5.41, 5.74) is 7.11. The minimum absolute atomic E-state index is 0.170. The number of benzene rings is 1. The van der Waals surface area contributed by atoms with Crippen LogP contribution in [0.4, 0.5) is 6.01 Å². The summed E-state index contributed by atoms with van der Waals surface area (Å²) in [5.74, 6) is 5.27. The van der Waals surface area contributed by atoms with Crippen LogP contribution in [-0.4, -0.2) is 17.4 Å². The molecule has 0 unspecified atom stereocenters. The van der Waals surface area contributed by atoms with Crippen molar-refractivity contribution in [3.05, 3.63) is 47.3 Å². The number of aryl methyl sites for hydroxylation is 1. The number of nitrogens with one attached hydrogen (secondary N) is 1. The Bertz CT molecular complexity index is 650. The van der Waals surface area contributed by atoms with Gasteiger partial charge in [-0.1, -0.05) is 24.0 Å². The largest absolute Gasteiger partial charge is 0.432 e. The van der Waals surface area contributed by atoms with Crippen LogP contribution >= 0.6 is 0 Å². The van der Waals surface area contributed by atoms with Crippen LogP contribution in [-0.2, 0) is 0 Å². The van der Waals surface area contributed by atoms with E-state index in [1.54, 1.807) is 25.1 Å². The maximum absolute atomic E-state index is 12.1. The number of carbonyl (C=O) groups is 1. The fourth-order valence-electron chi connectivity index (χ4n) is 1.51. The predicted octanol–water partition coefficient (Wildman–Crippen LogP) is 1.55. The maximum atomic E-state index is 12.1. The summed E-state index contributed by atoms with van der Waals surface area (Å²) in [5, 5.41) is 2.58. The Morgan fingerprint density at radius 1 is 1.47 bits per heavy atom. The van der Waals surface area contributed by atoms with Crippen molar-refractivity contribution >= 4 is 11.9 Å². The third kappa shape index (κ3) is 3.21. The van der Waals surface area contributed by atoms with Crippen LogP contribution in [0.15, 0.2) is 34.9 Å². The van der Waals surface area contributed by atoms with Crippen LogP contribution in [0.25, 0.3) is 0 Å². The van der Waals surface area contributed by atoms with Gasteiger partial charge in [0.2, 0.25) is 0 Å². The minimum Gasteiger partial charge on any atom is -0.432 e. The molecule has 5 heteroatoms. The fraction of sp³-hybridized carbons (Fsp3) is 0.143. The van der Waals surface area contributed by atoms with Crippen LogP contribution in [0.2, 0.25) is 0 Å². The number of nitrogens with two attached hydrogens (primary N) is 1. The van der Waals surface area contributed by atoms with Crippen LogP contribution < -0.4 is 11.1 Å². The highest BCUT2D eigenvalue weighted by molar-refractivity contribution is 6.04. The van der Waals surface area contributed by atoms with Crippen LogP contribution in [0.3, 0.4) is 0 Å². The molecular weight excluding hydrogens is 242 g/mol. The fourth-order valence-corrected chi connectivity index (χ4v) is 1.51. The highest BCUT2D eigenvalue weighted by Crippen LogP contribution is 2.12. The molecule has 96 valence electrons. The van der Waals surface area contributed by atoms with Gasteiger partial charge >= 0.3 is 6.01 Å². The van der Waals surface area contributed by atoms with Crippen molar-refractivity contribution in [1.82, 2.24) is 4.98 Å². The smallest absolute Gasteiger partial charge is 0.301 e. The first-order valence-electron chi connectivity index (χ1n) is 5.72. The average molecular weight is 255 g/mol. The van der Waals surface area contributed by atoms with Crippen molar-refractivity contribution in [2.45, 2.75) is 6.92 Å². The van der Waals surface area contributed by atoms with Crippen LogP contribution in [0.5, 0.6) is 0 Å². The normalized spacial score (nSPS) is 9.58. The zero-order valence-corrected chi connectivity index (χ0v) is 10.4. The molecule has 0 aliphatic carbocycles. The number of rotatable bonds is 2. The van der Waals surface area contributed by atoms with E-state index in [-0.39, 0.29) is 18.5 Å². The Kier molecular flexibility index (Phi) is 3.96. The zero-order valence-electron chi connectivity index (χ0n) is 10.4. The number of aromatic nitrogens is 1. The van der Waals surface area contributed by atoms with Gasteiger partial charge in [0.25, 0.3) is 5.91 Å². The molecule has 19 heavy (non-hydrogen) atoms. The van der Waals surface area contributed by atoms with Crippen molar-refractivity contribution in [2.75, 3.05) is 11.9 Å². The van der Waals surface area contributed by atoms with Gasteiger partial charge in [-0.15, -0.1) is 0 Å². The van der Waals surface area contributed by atoms with Gasteiger partial charge < -0.3 is 10.2 Å². The molecular formula is C14H13N3O2. The van der Waals surface area contributed by atoms with Crippen LogP contribution in [0, 0.1) is 18.8 Å². The molecule has 1 aromatic heterocycles. The summed E-state index contributed by atoms with van der Waals surface area (Å²) < 4.78 is 5.08. The first kappa shape index (κ1) is 12.9. The molecule has 2 rings (SSSR count). The third-order valence-electron chi connectivity index (χ3n) is 2.34. The molecule has 0 saturated heterocycles. The van der Waals surface area contributed by atoms with Gasteiger partial charge in [0.05, 0.1) is 17.8 Å². The number of anilines is 1. The molecule has 0 bridgehead atoms. The lowest BCUT2D eigenvalue weighted by Crippen LogP contribution is -2.13. The van der Waals surface area contributed by atoms with Crippen molar-refractivity contribution < 1.29 is 9.21 Å². The summed E-state index contributed by atoms with van der Waals surface area (Å²) in [6.07, 6.45) is 1.47. The van der Waals surface area contributed by atoms with Gasteiger partial charge in [-0.25, -0.2) is 0 Å². The van der Waals surface area contributed by atoms with E-state index in [1.807, 2.05) is 6.07 Å². The maximum Gasteiger partial charge on any atom is 0.301 e. The van der Waals surface area contributed by atoms with Gasteiger partial charge in [0, 0.05) is 5.56 Å². The molecule has 0 fully saturated rings. The Morgan fingerprint density at radius 2 is 2.26 bits per heavy atom. The molecule has 0 aliphatic rings. The summed E-state index contributed by atoms with van der Waals surface area (Å²) >= 11 is 0. The highest BCUT2D eigenvalue weighted by Gasteiger charge is 2.12. The molecule has 0 aliphatic heterocycles. The lowest BCUT2D eigenvalue weighted by molar-refractivity contribution is 0.102. The van der Waals surface area contributed by atoms with E-state index in [0.717, 1.165) is 0 Å². The topological polar surface area (TPSA) is 81.2 Å². The van der Waals surface area contributed by atoms with Gasteiger partial charge in [0.15, 0.2) is 0 Å². The first-order chi connectivity index (χ1) is 9.20. The third-order valence-corrected chi connectivity index (χ3v) is 2.34. The zero-order chi connectivity index (χ0) is 13.7. The molecule has 1 amide bonds. The second kappa shape index (κ2) is 5.85. The summed E-state index contributed by atoms with van der Waals surface area (Å²) in [6.45, 7) is 2.02. The standard InChI is InChI=1S/C14H13N3O2/c1-10-9-19-14(16-10)17-13(18)12-7-3-2-5-11(12)6-4-8-15/h2-3,5,7,9H,8,15H2,1H3,(H,16,17,18). The van der Waals surface area contributed by atoms with Gasteiger partial charge in [0.1, 0.15) is 6.26 Å². The number of amides is 1. The second-order valence-electron chi connectivity index (χ2n) is 3.80. The van der Waals surface area contributed by atoms with E-state index >= 15 is 0 Å². The summed E-state index contributed by atoms with van der Waals surface area (Å²) in [7, 11) is 0. The summed E-state index contributed by atoms with van der Waals surface area (Å²) in [6, 6.07) is 7.20. The Morgan fingerprint density at radius 3 is 2.95 bits per heavy atom. The first-order valence-corrected chi connectivity index (χ1v) is 5.72. The Labute approximate surface area is 110 Å². The molecule has 1 aromatic carbocycles. The number of carbonyl (C=O) groups excluding carboxylic acids is 1. The average Bonchev–Trinajstić information content (AvgIpc) is 2.82.